The third-order valence-electron chi connectivity index (χ3n) is 7.76. The Bertz CT molecular complexity index is 925. The highest BCUT2D eigenvalue weighted by atomic mass is 19.4. The molecule has 0 atom stereocenters. The van der Waals surface area contributed by atoms with Gasteiger partial charge in [-0.25, -0.2) is 0 Å². The van der Waals surface area contributed by atoms with Crippen molar-refractivity contribution < 1.29 is 27.5 Å². The molecule has 1 amide bonds. The molecule has 1 aromatic rings. The van der Waals surface area contributed by atoms with Crippen molar-refractivity contribution >= 4 is 17.6 Å². The third-order valence-corrected chi connectivity index (χ3v) is 7.76. The lowest BCUT2D eigenvalue weighted by Gasteiger charge is -2.39. The summed E-state index contributed by atoms with van der Waals surface area (Å²) in [6.45, 7) is 3.85. The Kier molecular flexibility index (Phi) is 7.73. The fraction of sp³-hybridized carbons (Fsp3) is 0.615. The number of benzene rings is 1. The summed E-state index contributed by atoms with van der Waals surface area (Å²) in [6.07, 6.45) is 4.33. The van der Waals surface area contributed by atoms with E-state index in [-0.39, 0.29) is 11.9 Å². The fourth-order valence-corrected chi connectivity index (χ4v) is 5.39. The molecule has 1 aromatic carbocycles. The van der Waals surface area contributed by atoms with E-state index in [0.29, 0.717) is 50.4 Å². The predicted octanol–water partition coefficient (Wildman–Crippen LogP) is 4.14. The second-order valence-electron chi connectivity index (χ2n) is 10.0. The average molecular weight is 494 g/mol. The first-order chi connectivity index (χ1) is 16.7. The van der Waals surface area contributed by atoms with Crippen LogP contribution in [0.2, 0.25) is 0 Å². The Morgan fingerprint density at radius 2 is 1.71 bits per heavy atom. The Balaban J connectivity index is 1.21. The number of carbonyl (C=O) groups excluding carboxylic acids is 2. The molecule has 2 fully saturated rings. The summed E-state index contributed by atoms with van der Waals surface area (Å²) < 4.78 is 44.8. The van der Waals surface area contributed by atoms with Gasteiger partial charge in [-0.05, 0) is 75.6 Å². The van der Waals surface area contributed by atoms with E-state index in [9.17, 15) is 22.8 Å². The molecule has 1 aliphatic heterocycles. The molecule has 2 aliphatic carbocycles. The van der Waals surface area contributed by atoms with Crippen molar-refractivity contribution in [3.63, 3.8) is 0 Å². The van der Waals surface area contributed by atoms with Crippen molar-refractivity contribution in [2.45, 2.75) is 56.7 Å². The van der Waals surface area contributed by atoms with Crippen LogP contribution in [0.4, 0.5) is 18.9 Å². The number of piperazine rings is 1. The van der Waals surface area contributed by atoms with Crippen molar-refractivity contribution in [3.05, 3.63) is 42.0 Å². The largest absolute Gasteiger partial charge is 0.449 e. The number of amides is 1. The summed E-state index contributed by atoms with van der Waals surface area (Å²) in [6, 6.07) is 5.51. The van der Waals surface area contributed by atoms with Crippen LogP contribution in [0.25, 0.3) is 0 Å². The van der Waals surface area contributed by atoms with Crippen LogP contribution in [-0.2, 0) is 20.5 Å². The predicted molar refractivity (Wildman–Crippen MR) is 127 cm³/mol. The average Bonchev–Trinajstić information content (AvgIpc) is 3.39. The van der Waals surface area contributed by atoms with E-state index in [1.54, 1.807) is 6.07 Å². The molecule has 0 unspecified atom stereocenters. The van der Waals surface area contributed by atoms with Crippen molar-refractivity contribution in [1.29, 1.82) is 0 Å². The van der Waals surface area contributed by atoms with E-state index in [0.717, 1.165) is 45.0 Å². The minimum atomic E-state index is -4.34. The number of primary amides is 1. The van der Waals surface area contributed by atoms with E-state index >= 15 is 0 Å². The van der Waals surface area contributed by atoms with Crippen molar-refractivity contribution in [2.24, 2.45) is 17.6 Å². The highest BCUT2D eigenvalue weighted by molar-refractivity contribution is 5.87. The van der Waals surface area contributed by atoms with Gasteiger partial charge in [0.25, 0.3) is 5.91 Å². The van der Waals surface area contributed by atoms with Crippen LogP contribution in [0, 0.1) is 11.8 Å². The minimum Gasteiger partial charge on any atom is -0.449 e. The molecule has 35 heavy (non-hydrogen) atoms. The first-order valence-electron chi connectivity index (χ1n) is 12.5. The van der Waals surface area contributed by atoms with Gasteiger partial charge in [-0.2, -0.15) is 13.2 Å². The van der Waals surface area contributed by atoms with Crippen LogP contribution in [0.5, 0.6) is 0 Å². The summed E-state index contributed by atoms with van der Waals surface area (Å²) in [5.41, 5.74) is 4.48. The van der Waals surface area contributed by atoms with E-state index < -0.39 is 23.2 Å². The maximum Gasteiger partial charge on any atom is 0.416 e. The molecule has 0 radical (unpaired) electrons. The topological polar surface area (TPSA) is 75.9 Å². The summed E-state index contributed by atoms with van der Waals surface area (Å²) >= 11 is 0. The number of alkyl halides is 3. The zero-order valence-corrected chi connectivity index (χ0v) is 19.9. The van der Waals surface area contributed by atoms with Crippen molar-refractivity contribution in [3.8, 4) is 0 Å². The zero-order valence-electron chi connectivity index (χ0n) is 19.9. The fourth-order valence-electron chi connectivity index (χ4n) is 5.39. The SMILES string of the molecule is NC(=O)C1(OC(=O)C2CC=CC2)CCC(CCN2CCN(c3cccc(C(F)(F)F)c3)CC2)CC1. The Morgan fingerprint density at radius 3 is 2.31 bits per heavy atom. The molecule has 2 N–H and O–H groups in total. The second-order valence-corrected chi connectivity index (χ2v) is 10.0. The number of nitrogens with two attached hydrogens (primary N) is 1. The number of nitrogens with zero attached hydrogens (tertiary/aromatic N) is 2. The standard InChI is InChI=1S/C26H34F3N3O3/c27-26(28,29)21-6-3-7-22(18-21)32-16-14-31(15-17-32)13-10-19-8-11-25(12-9-19,24(30)34)35-23(33)20-4-1-2-5-20/h1-3,6-7,18-20H,4-5,8-17H2,(H2,30,34). The van der Waals surface area contributed by atoms with Crippen LogP contribution in [0.15, 0.2) is 36.4 Å². The van der Waals surface area contributed by atoms with Crippen LogP contribution in [-0.4, -0.2) is 55.1 Å². The number of ether oxygens (including phenoxy) is 1. The molecule has 1 saturated heterocycles. The summed E-state index contributed by atoms with van der Waals surface area (Å²) in [5, 5.41) is 0. The highest BCUT2D eigenvalue weighted by Crippen LogP contribution is 2.38. The molecule has 1 heterocycles. The molecule has 3 aliphatic rings. The number of carbonyl (C=O) groups is 2. The van der Waals surface area contributed by atoms with Crippen LogP contribution in [0.3, 0.4) is 0 Å². The van der Waals surface area contributed by atoms with E-state index in [1.807, 2.05) is 17.1 Å². The van der Waals surface area contributed by atoms with Crippen molar-refractivity contribution in [2.75, 3.05) is 37.6 Å². The zero-order chi connectivity index (χ0) is 25.1. The van der Waals surface area contributed by atoms with Gasteiger partial charge < -0.3 is 15.4 Å². The molecular weight excluding hydrogens is 459 g/mol. The van der Waals surface area contributed by atoms with Gasteiger partial charge >= 0.3 is 12.1 Å². The van der Waals surface area contributed by atoms with Crippen LogP contribution < -0.4 is 10.6 Å². The molecule has 9 heteroatoms. The van der Waals surface area contributed by atoms with E-state index in [2.05, 4.69) is 4.90 Å². The molecule has 0 spiro atoms. The maximum atomic E-state index is 13.0. The third kappa shape index (κ3) is 6.18. The first kappa shape index (κ1) is 25.5. The number of halogens is 3. The van der Waals surface area contributed by atoms with Gasteiger partial charge in [0.05, 0.1) is 11.5 Å². The number of allylic oxidation sites excluding steroid dienone is 2. The second kappa shape index (κ2) is 10.6. The van der Waals surface area contributed by atoms with Gasteiger partial charge in [0.1, 0.15) is 0 Å². The van der Waals surface area contributed by atoms with Crippen LogP contribution in [0.1, 0.15) is 50.5 Å². The van der Waals surface area contributed by atoms with Crippen molar-refractivity contribution in [1.82, 2.24) is 4.90 Å². The van der Waals surface area contributed by atoms with Gasteiger partial charge in [0.15, 0.2) is 5.60 Å². The number of hydrogen-bond donors (Lipinski definition) is 1. The molecule has 192 valence electrons. The lowest BCUT2D eigenvalue weighted by atomic mass is 9.77. The molecule has 0 aromatic heterocycles. The first-order valence-corrected chi connectivity index (χ1v) is 12.5. The highest BCUT2D eigenvalue weighted by Gasteiger charge is 2.45. The molecule has 6 nitrogen and oxygen atoms in total. The number of anilines is 1. The number of rotatable bonds is 7. The Hall–Kier alpha value is -2.55. The normalized spacial score (nSPS) is 26.1. The number of esters is 1. The van der Waals surface area contributed by atoms with Gasteiger partial charge in [-0.1, -0.05) is 18.2 Å². The summed E-state index contributed by atoms with van der Waals surface area (Å²) in [4.78, 5) is 29.1. The van der Waals surface area contributed by atoms with E-state index in [1.165, 1.54) is 12.1 Å². The summed E-state index contributed by atoms with van der Waals surface area (Å²) in [5.74, 6) is -0.666. The van der Waals surface area contributed by atoms with Gasteiger partial charge in [-0.15, -0.1) is 0 Å². The molecule has 4 rings (SSSR count). The lowest BCUT2D eigenvalue weighted by molar-refractivity contribution is -0.175. The lowest BCUT2D eigenvalue weighted by Crippen LogP contribution is -2.51. The quantitative estimate of drug-likeness (QED) is 0.457. The smallest absolute Gasteiger partial charge is 0.416 e. The molecule has 1 saturated carbocycles. The Labute approximate surface area is 204 Å². The summed E-state index contributed by atoms with van der Waals surface area (Å²) in [7, 11) is 0. The number of hydrogen-bond acceptors (Lipinski definition) is 5. The van der Waals surface area contributed by atoms with Gasteiger partial charge in [-0.3, -0.25) is 14.5 Å². The van der Waals surface area contributed by atoms with E-state index in [4.69, 9.17) is 10.5 Å². The maximum absolute atomic E-state index is 13.0. The van der Waals surface area contributed by atoms with Gasteiger partial charge in [0, 0.05) is 31.9 Å². The van der Waals surface area contributed by atoms with Gasteiger partial charge in [0.2, 0.25) is 0 Å². The van der Waals surface area contributed by atoms with Crippen LogP contribution >= 0.6 is 0 Å². The molecule has 0 bridgehead atoms. The Morgan fingerprint density at radius 1 is 1.06 bits per heavy atom. The molecular formula is C26H34F3N3O3. The monoisotopic (exact) mass is 493 g/mol. The minimum absolute atomic E-state index is 0.210.